The zero-order valence-electron chi connectivity index (χ0n) is 16.3. The molecule has 1 amide bonds. The van der Waals surface area contributed by atoms with Gasteiger partial charge < -0.3 is 14.6 Å². The highest BCUT2D eigenvalue weighted by atomic mass is 16.5. The Morgan fingerprint density at radius 2 is 1.69 bits per heavy atom. The van der Waals surface area contributed by atoms with Gasteiger partial charge in [-0.1, -0.05) is 54.6 Å². The third-order valence-corrected chi connectivity index (χ3v) is 4.88. The highest BCUT2D eigenvalue weighted by Crippen LogP contribution is 2.18. The van der Waals surface area contributed by atoms with Crippen LogP contribution in [0, 0.1) is 6.92 Å². The lowest BCUT2D eigenvalue weighted by Gasteiger charge is -2.12. The second kappa shape index (κ2) is 8.61. The fourth-order valence-corrected chi connectivity index (χ4v) is 3.28. The number of benzene rings is 3. The Morgan fingerprint density at radius 3 is 2.52 bits per heavy atom. The first-order valence-electron chi connectivity index (χ1n) is 9.64. The van der Waals surface area contributed by atoms with Gasteiger partial charge in [0.25, 0.3) is 0 Å². The van der Waals surface area contributed by atoms with E-state index in [0.29, 0.717) is 13.2 Å². The smallest absolute Gasteiger partial charge is 0.240 e. The van der Waals surface area contributed by atoms with E-state index in [2.05, 4.69) is 10.3 Å². The number of amides is 1. The second-order valence-corrected chi connectivity index (χ2v) is 6.91. The monoisotopic (exact) mass is 385 g/mol. The molecule has 0 spiro atoms. The highest BCUT2D eigenvalue weighted by molar-refractivity contribution is 5.81. The molecule has 0 radical (unpaired) electrons. The predicted molar refractivity (Wildman–Crippen MR) is 114 cm³/mol. The third-order valence-electron chi connectivity index (χ3n) is 4.88. The Bertz CT molecular complexity index is 1120. The van der Waals surface area contributed by atoms with Gasteiger partial charge in [0.15, 0.2) is 0 Å². The largest absolute Gasteiger partial charge is 0.486 e. The Kier molecular flexibility index (Phi) is 5.56. The number of hydrogen-bond acceptors (Lipinski definition) is 3. The van der Waals surface area contributed by atoms with E-state index < -0.39 is 0 Å². The molecule has 146 valence electrons. The van der Waals surface area contributed by atoms with Crippen LogP contribution in [0.1, 0.15) is 17.0 Å². The maximum atomic E-state index is 12.7. The molecule has 1 heterocycles. The minimum Gasteiger partial charge on any atom is -0.486 e. The van der Waals surface area contributed by atoms with Crippen molar-refractivity contribution in [3.63, 3.8) is 0 Å². The van der Waals surface area contributed by atoms with Crippen LogP contribution in [-0.4, -0.2) is 15.5 Å². The summed E-state index contributed by atoms with van der Waals surface area (Å²) in [5.74, 6) is 1.44. The van der Waals surface area contributed by atoms with E-state index in [-0.39, 0.29) is 12.5 Å². The quantitative estimate of drug-likeness (QED) is 0.518. The van der Waals surface area contributed by atoms with E-state index in [9.17, 15) is 4.79 Å². The van der Waals surface area contributed by atoms with Gasteiger partial charge in [-0.2, -0.15) is 0 Å². The Balaban J connectivity index is 1.50. The number of imidazole rings is 1. The van der Waals surface area contributed by atoms with Gasteiger partial charge in [-0.3, -0.25) is 4.79 Å². The first kappa shape index (κ1) is 18.7. The summed E-state index contributed by atoms with van der Waals surface area (Å²) < 4.78 is 7.80. The van der Waals surface area contributed by atoms with Crippen LogP contribution in [-0.2, 0) is 24.5 Å². The standard InChI is InChI=1S/C24H23N3O2/c1-18-9-5-6-10-19(18)15-25-24(28)16-27-22-14-8-7-13-21(22)26-23(27)17-29-20-11-3-2-4-12-20/h2-14H,15-17H2,1H3,(H,25,28). The number of para-hydroxylation sites is 3. The van der Waals surface area contributed by atoms with Crippen LogP contribution in [0.15, 0.2) is 78.9 Å². The van der Waals surface area contributed by atoms with E-state index in [1.165, 1.54) is 0 Å². The van der Waals surface area contributed by atoms with Crippen molar-refractivity contribution in [3.8, 4) is 5.75 Å². The van der Waals surface area contributed by atoms with E-state index in [1.54, 1.807) is 0 Å². The second-order valence-electron chi connectivity index (χ2n) is 6.91. The van der Waals surface area contributed by atoms with Crippen molar-refractivity contribution >= 4 is 16.9 Å². The first-order chi connectivity index (χ1) is 14.2. The summed E-state index contributed by atoms with van der Waals surface area (Å²) >= 11 is 0. The molecular weight excluding hydrogens is 362 g/mol. The van der Waals surface area contributed by atoms with Gasteiger partial charge in [0, 0.05) is 6.54 Å². The molecule has 5 heteroatoms. The Hall–Kier alpha value is -3.60. The van der Waals surface area contributed by atoms with Crippen molar-refractivity contribution in [2.24, 2.45) is 0 Å². The molecule has 0 saturated carbocycles. The zero-order chi connectivity index (χ0) is 20.1. The molecule has 0 aliphatic rings. The van der Waals surface area contributed by atoms with Crippen molar-refractivity contribution in [1.82, 2.24) is 14.9 Å². The van der Waals surface area contributed by atoms with Gasteiger partial charge in [0.05, 0.1) is 11.0 Å². The van der Waals surface area contributed by atoms with Crippen molar-refractivity contribution in [3.05, 3.63) is 95.8 Å². The number of fused-ring (bicyclic) bond motifs is 1. The highest BCUT2D eigenvalue weighted by Gasteiger charge is 2.14. The van der Waals surface area contributed by atoms with Gasteiger partial charge >= 0.3 is 0 Å². The Morgan fingerprint density at radius 1 is 0.966 bits per heavy atom. The van der Waals surface area contributed by atoms with Crippen LogP contribution in [0.25, 0.3) is 11.0 Å². The van der Waals surface area contributed by atoms with Gasteiger partial charge in [-0.05, 0) is 42.3 Å². The summed E-state index contributed by atoms with van der Waals surface area (Å²) in [6.07, 6.45) is 0. The van der Waals surface area contributed by atoms with Gasteiger partial charge in [-0.15, -0.1) is 0 Å². The molecular formula is C24H23N3O2. The average molecular weight is 385 g/mol. The van der Waals surface area contributed by atoms with Crippen molar-refractivity contribution in [2.75, 3.05) is 0 Å². The maximum Gasteiger partial charge on any atom is 0.240 e. The van der Waals surface area contributed by atoms with Crippen molar-refractivity contribution < 1.29 is 9.53 Å². The van der Waals surface area contributed by atoms with Gasteiger partial charge in [0.2, 0.25) is 5.91 Å². The molecule has 1 N–H and O–H groups in total. The zero-order valence-corrected chi connectivity index (χ0v) is 16.3. The van der Waals surface area contributed by atoms with E-state index in [4.69, 9.17) is 4.74 Å². The van der Waals surface area contributed by atoms with Gasteiger partial charge in [0.1, 0.15) is 24.7 Å². The number of hydrogen-bond donors (Lipinski definition) is 1. The van der Waals surface area contributed by atoms with Crippen molar-refractivity contribution in [2.45, 2.75) is 26.6 Å². The minimum atomic E-state index is -0.0580. The number of carbonyl (C=O) groups excluding carboxylic acids is 1. The summed E-state index contributed by atoms with van der Waals surface area (Å²) in [6, 6.07) is 25.5. The van der Waals surface area contributed by atoms with E-state index in [1.807, 2.05) is 90.4 Å². The van der Waals surface area contributed by atoms with E-state index >= 15 is 0 Å². The number of aromatic nitrogens is 2. The lowest BCUT2D eigenvalue weighted by Crippen LogP contribution is -2.28. The molecule has 0 aliphatic carbocycles. The molecule has 0 atom stereocenters. The van der Waals surface area contributed by atoms with Crippen LogP contribution in [0.2, 0.25) is 0 Å². The number of rotatable bonds is 7. The molecule has 4 rings (SSSR count). The van der Waals surface area contributed by atoms with E-state index in [0.717, 1.165) is 33.7 Å². The number of nitrogens with zero attached hydrogens (tertiary/aromatic N) is 2. The summed E-state index contributed by atoms with van der Waals surface area (Å²) in [4.78, 5) is 17.3. The molecule has 0 fully saturated rings. The molecule has 0 aliphatic heterocycles. The molecule has 4 aromatic rings. The number of carbonyl (C=O) groups is 1. The summed E-state index contributed by atoms with van der Waals surface area (Å²) in [5, 5.41) is 3.02. The number of ether oxygens (including phenoxy) is 1. The SMILES string of the molecule is Cc1ccccc1CNC(=O)Cn1c(COc2ccccc2)nc2ccccc21. The fourth-order valence-electron chi connectivity index (χ4n) is 3.28. The molecule has 0 bridgehead atoms. The fraction of sp³-hybridized carbons (Fsp3) is 0.167. The first-order valence-corrected chi connectivity index (χ1v) is 9.64. The lowest BCUT2D eigenvalue weighted by molar-refractivity contribution is -0.121. The topological polar surface area (TPSA) is 56.2 Å². The van der Waals surface area contributed by atoms with Crippen LogP contribution >= 0.6 is 0 Å². The average Bonchev–Trinajstić information content (AvgIpc) is 3.10. The minimum absolute atomic E-state index is 0.0580. The molecule has 1 aromatic heterocycles. The Labute approximate surface area is 170 Å². The molecule has 0 unspecified atom stereocenters. The predicted octanol–water partition coefficient (Wildman–Crippen LogP) is 4.24. The maximum absolute atomic E-state index is 12.7. The van der Waals surface area contributed by atoms with Crippen LogP contribution in [0.4, 0.5) is 0 Å². The van der Waals surface area contributed by atoms with Crippen molar-refractivity contribution in [1.29, 1.82) is 0 Å². The lowest BCUT2D eigenvalue weighted by atomic mass is 10.1. The van der Waals surface area contributed by atoms with Gasteiger partial charge in [-0.25, -0.2) is 4.98 Å². The third kappa shape index (κ3) is 4.46. The summed E-state index contributed by atoms with van der Waals surface area (Å²) in [6.45, 7) is 3.04. The molecule has 0 saturated heterocycles. The normalized spacial score (nSPS) is 10.8. The van der Waals surface area contributed by atoms with Crippen LogP contribution in [0.5, 0.6) is 5.75 Å². The molecule has 5 nitrogen and oxygen atoms in total. The number of aryl methyl sites for hydroxylation is 1. The van der Waals surface area contributed by atoms with Crippen LogP contribution in [0.3, 0.4) is 0 Å². The summed E-state index contributed by atoms with van der Waals surface area (Å²) in [7, 11) is 0. The van der Waals surface area contributed by atoms with Crippen LogP contribution < -0.4 is 10.1 Å². The number of nitrogens with one attached hydrogen (secondary N) is 1. The molecule has 3 aromatic carbocycles. The molecule has 29 heavy (non-hydrogen) atoms. The summed E-state index contributed by atoms with van der Waals surface area (Å²) in [5.41, 5.74) is 4.05.